The van der Waals surface area contributed by atoms with Gasteiger partial charge in [0, 0.05) is 11.6 Å². The highest BCUT2D eigenvalue weighted by Crippen LogP contribution is 2.39. The lowest BCUT2D eigenvalue weighted by atomic mass is 10.1. The molecule has 12 heteroatoms. The maximum atomic E-state index is 13.3. The van der Waals surface area contributed by atoms with Crippen molar-refractivity contribution in [3.05, 3.63) is 42.0 Å². The van der Waals surface area contributed by atoms with E-state index in [2.05, 4.69) is 15.0 Å². The van der Waals surface area contributed by atoms with E-state index >= 15 is 0 Å². The van der Waals surface area contributed by atoms with E-state index < -0.39 is 34.6 Å². The topological polar surface area (TPSA) is 82.2 Å². The van der Waals surface area contributed by atoms with Crippen LogP contribution in [0.15, 0.2) is 35.2 Å². The second-order valence-corrected chi connectivity index (χ2v) is 5.54. The van der Waals surface area contributed by atoms with E-state index in [-0.39, 0.29) is 29.0 Å². The third-order valence-corrected chi connectivity index (χ3v) is 3.82. The van der Waals surface area contributed by atoms with E-state index in [1.54, 1.807) is 0 Å². The number of alkyl halides is 6. The van der Waals surface area contributed by atoms with Crippen LogP contribution in [0.4, 0.5) is 32.2 Å². The Balaban J connectivity index is 2.08. The summed E-state index contributed by atoms with van der Waals surface area (Å²) in [6.45, 7) is 0. The summed E-state index contributed by atoms with van der Waals surface area (Å²) < 4.78 is 85.2. The molecule has 0 saturated carbocycles. The van der Waals surface area contributed by atoms with Crippen LogP contribution in [-0.4, -0.2) is 19.4 Å². The molecule has 0 radical (unpaired) electrons. The number of imidazole rings is 1. The molecule has 6 nitrogen and oxygen atoms in total. The highest BCUT2D eigenvalue weighted by atomic mass is 19.4. The number of nitrogens with zero attached hydrogens (tertiary/aromatic N) is 4. The van der Waals surface area contributed by atoms with Gasteiger partial charge in [0.05, 0.1) is 5.56 Å². The summed E-state index contributed by atoms with van der Waals surface area (Å²) in [4.78, 5) is 11.1. The minimum Gasteiger partial charge on any atom is -0.439 e. The maximum absolute atomic E-state index is 13.3. The van der Waals surface area contributed by atoms with Crippen molar-refractivity contribution in [2.75, 3.05) is 5.73 Å². The van der Waals surface area contributed by atoms with Crippen LogP contribution in [0.2, 0.25) is 0 Å². The van der Waals surface area contributed by atoms with Crippen LogP contribution in [0.3, 0.4) is 0 Å². The molecule has 0 aliphatic carbocycles. The Morgan fingerprint density at radius 1 is 1.00 bits per heavy atom. The number of pyridine rings is 2. The number of oxazole rings is 1. The summed E-state index contributed by atoms with van der Waals surface area (Å²) in [5.74, 6) is 0.0116. The molecule has 4 heterocycles. The molecule has 4 rings (SSSR count). The predicted molar refractivity (Wildman–Crippen MR) is 80.4 cm³/mol. The first-order chi connectivity index (χ1) is 12.6. The third-order valence-electron chi connectivity index (χ3n) is 3.82. The van der Waals surface area contributed by atoms with Crippen molar-refractivity contribution in [2.24, 2.45) is 0 Å². The lowest BCUT2D eigenvalue weighted by Crippen LogP contribution is -2.14. The second kappa shape index (κ2) is 5.34. The lowest BCUT2D eigenvalue weighted by molar-refractivity contribution is -0.144. The van der Waals surface area contributed by atoms with E-state index in [1.165, 1.54) is 12.3 Å². The van der Waals surface area contributed by atoms with Gasteiger partial charge in [-0.25, -0.2) is 9.97 Å². The Morgan fingerprint density at radius 2 is 1.74 bits per heavy atom. The van der Waals surface area contributed by atoms with Crippen molar-refractivity contribution in [3.63, 3.8) is 0 Å². The quantitative estimate of drug-likeness (QED) is 0.496. The number of fused-ring (bicyclic) bond motifs is 3. The number of halogens is 6. The van der Waals surface area contributed by atoms with Crippen LogP contribution in [-0.2, 0) is 12.4 Å². The summed E-state index contributed by atoms with van der Waals surface area (Å²) in [6, 6.07) is 2.23. The number of hydrogen-bond donors (Lipinski definition) is 1. The average Bonchev–Trinajstić information content (AvgIpc) is 3.17. The van der Waals surface area contributed by atoms with Crippen LogP contribution < -0.4 is 5.73 Å². The molecular weight excluding hydrogens is 380 g/mol. The zero-order chi connectivity index (χ0) is 19.6. The fourth-order valence-corrected chi connectivity index (χ4v) is 2.66. The standard InChI is InChI=1S/C15H7F6N5O/c16-14(17,18)7-3-9(15(19,20)21)25-13-6(7)1-2-10-24-8(4-26(10)13)11-12(22)23-5-27-11/h1-5H,22H2. The number of aromatic nitrogens is 4. The molecule has 0 amide bonds. The van der Waals surface area contributed by atoms with Crippen LogP contribution in [0.5, 0.6) is 0 Å². The summed E-state index contributed by atoms with van der Waals surface area (Å²) >= 11 is 0. The molecule has 140 valence electrons. The summed E-state index contributed by atoms with van der Waals surface area (Å²) in [7, 11) is 0. The van der Waals surface area contributed by atoms with Gasteiger partial charge in [-0.05, 0) is 18.2 Å². The molecule has 0 unspecified atom stereocenters. The van der Waals surface area contributed by atoms with Gasteiger partial charge in [0.15, 0.2) is 18.0 Å². The van der Waals surface area contributed by atoms with Gasteiger partial charge in [0.2, 0.25) is 0 Å². The lowest BCUT2D eigenvalue weighted by Gasteiger charge is -2.14. The molecule has 0 atom stereocenters. The summed E-state index contributed by atoms with van der Waals surface area (Å²) in [5.41, 5.74) is 2.09. The van der Waals surface area contributed by atoms with Crippen molar-refractivity contribution in [3.8, 4) is 11.5 Å². The molecule has 0 bridgehead atoms. The summed E-state index contributed by atoms with van der Waals surface area (Å²) in [6.07, 6.45) is -7.85. The highest BCUT2D eigenvalue weighted by molar-refractivity contribution is 5.84. The maximum Gasteiger partial charge on any atom is 0.433 e. The Bertz CT molecular complexity index is 1170. The fourth-order valence-electron chi connectivity index (χ4n) is 2.66. The highest BCUT2D eigenvalue weighted by Gasteiger charge is 2.39. The Hall–Kier alpha value is -3.31. The van der Waals surface area contributed by atoms with E-state index in [1.807, 2.05) is 0 Å². The van der Waals surface area contributed by atoms with E-state index in [0.717, 1.165) is 16.9 Å². The first kappa shape index (κ1) is 17.1. The van der Waals surface area contributed by atoms with Gasteiger partial charge in [0.25, 0.3) is 0 Å². The molecule has 0 aliphatic heterocycles. The van der Waals surface area contributed by atoms with E-state index in [9.17, 15) is 26.3 Å². The minimum atomic E-state index is -5.06. The van der Waals surface area contributed by atoms with Gasteiger partial charge in [-0.3, -0.25) is 4.40 Å². The normalized spacial score (nSPS) is 13.0. The van der Waals surface area contributed by atoms with Crippen molar-refractivity contribution in [1.29, 1.82) is 0 Å². The monoisotopic (exact) mass is 387 g/mol. The molecule has 4 aromatic rings. The van der Waals surface area contributed by atoms with Gasteiger partial charge in [0.1, 0.15) is 22.7 Å². The largest absolute Gasteiger partial charge is 0.439 e. The molecule has 0 saturated heterocycles. The van der Waals surface area contributed by atoms with E-state index in [0.29, 0.717) is 0 Å². The molecule has 2 N–H and O–H groups in total. The molecule has 0 aliphatic rings. The Morgan fingerprint density at radius 3 is 2.33 bits per heavy atom. The van der Waals surface area contributed by atoms with Gasteiger partial charge in [-0.2, -0.15) is 31.3 Å². The molecule has 0 spiro atoms. The Labute approximate surface area is 145 Å². The predicted octanol–water partition coefficient (Wildman–Crippen LogP) is 4.16. The zero-order valence-corrected chi connectivity index (χ0v) is 12.9. The fraction of sp³-hybridized carbons (Fsp3) is 0.133. The first-order valence-corrected chi connectivity index (χ1v) is 7.22. The van der Waals surface area contributed by atoms with Crippen LogP contribution >= 0.6 is 0 Å². The smallest absolute Gasteiger partial charge is 0.433 e. The van der Waals surface area contributed by atoms with Crippen LogP contribution in [0.1, 0.15) is 11.3 Å². The molecule has 27 heavy (non-hydrogen) atoms. The number of nitrogen functional groups attached to an aromatic ring is 1. The van der Waals surface area contributed by atoms with Crippen LogP contribution in [0, 0.1) is 0 Å². The number of hydrogen-bond acceptors (Lipinski definition) is 5. The van der Waals surface area contributed by atoms with Gasteiger partial charge in [-0.1, -0.05) is 0 Å². The number of nitrogens with two attached hydrogens (primary N) is 1. The van der Waals surface area contributed by atoms with Crippen molar-refractivity contribution in [1.82, 2.24) is 19.4 Å². The van der Waals surface area contributed by atoms with Gasteiger partial charge < -0.3 is 10.2 Å². The van der Waals surface area contributed by atoms with Crippen molar-refractivity contribution < 1.29 is 30.8 Å². The van der Waals surface area contributed by atoms with Crippen LogP contribution in [0.25, 0.3) is 28.1 Å². The number of rotatable bonds is 1. The third kappa shape index (κ3) is 2.73. The van der Waals surface area contributed by atoms with Gasteiger partial charge in [-0.15, -0.1) is 0 Å². The van der Waals surface area contributed by atoms with Gasteiger partial charge >= 0.3 is 12.4 Å². The first-order valence-electron chi connectivity index (χ1n) is 7.22. The van der Waals surface area contributed by atoms with Crippen molar-refractivity contribution in [2.45, 2.75) is 12.4 Å². The zero-order valence-electron chi connectivity index (χ0n) is 12.9. The molecule has 0 aromatic carbocycles. The molecule has 4 aromatic heterocycles. The summed E-state index contributed by atoms with van der Waals surface area (Å²) in [5, 5.41) is -0.502. The van der Waals surface area contributed by atoms with Crippen molar-refractivity contribution >= 4 is 22.5 Å². The Kier molecular flexibility index (Phi) is 3.39. The number of anilines is 1. The van der Waals surface area contributed by atoms with E-state index in [4.69, 9.17) is 10.2 Å². The molecular formula is C15H7F6N5O. The second-order valence-electron chi connectivity index (χ2n) is 5.54. The molecule has 0 fully saturated rings. The minimum absolute atomic E-state index is 0.0134. The average molecular weight is 387 g/mol. The SMILES string of the molecule is Nc1ncoc1-c1cn2c(ccc3c(C(F)(F)F)cc(C(F)(F)F)nc32)n1.